The number of nitrogens with one attached hydrogen (secondary N) is 2. The lowest BCUT2D eigenvalue weighted by atomic mass is 9.72. The molecular formula is C45H53ClN8O8S. The first-order chi connectivity index (χ1) is 30.2. The van der Waals surface area contributed by atoms with Gasteiger partial charge in [0, 0.05) is 62.6 Å². The van der Waals surface area contributed by atoms with Crippen LogP contribution < -0.4 is 30.3 Å². The Morgan fingerprint density at radius 3 is 2.52 bits per heavy atom. The quantitative estimate of drug-likeness (QED) is 0.0984. The minimum absolute atomic E-state index is 0.0787. The Hall–Kier alpha value is -5.46. The molecule has 16 nitrogen and oxygen atoms in total. The van der Waals surface area contributed by atoms with Gasteiger partial charge >= 0.3 is 0 Å². The molecule has 0 spiro atoms. The molecule has 0 radical (unpaired) electrons. The van der Waals surface area contributed by atoms with Crippen molar-refractivity contribution in [3.8, 4) is 5.88 Å². The monoisotopic (exact) mass is 900 g/mol. The fraction of sp³-hybridized carbons (Fsp3) is 0.422. The van der Waals surface area contributed by atoms with Crippen LogP contribution in [0.3, 0.4) is 0 Å². The van der Waals surface area contributed by atoms with Gasteiger partial charge in [-0.1, -0.05) is 43.2 Å². The fourth-order valence-electron chi connectivity index (χ4n) is 8.64. The second kappa shape index (κ2) is 18.7. The molecule has 4 aliphatic rings. The lowest BCUT2D eigenvalue weighted by Crippen LogP contribution is -2.47. The van der Waals surface area contributed by atoms with Crippen LogP contribution >= 0.6 is 11.6 Å². The van der Waals surface area contributed by atoms with Crippen LogP contribution in [0.15, 0.2) is 83.3 Å². The lowest BCUT2D eigenvalue weighted by molar-refractivity contribution is -0.384. The molecule has 8 rings (SSSR count). The predicted molar refractivity (Wildman–Crippen MR) is 244 cm³/mol. The Morgan fingerprint density at radius 2 is 1.78 bits per heavy atom. The molecule has 0 unspecified atom stereocenters. The summed E-state index contributed by atoms with van der Waals surface area (Å²) in [5, 5.41) is 15.8. The highest BCUT2D eigenvalue weighted by Crippen LogP contribution is 2.44. The Morgan fingerprint density at radius 1 is 0.984 bits per heavy atom. The second-order valence-corrected chi connectivity index (χ2v) is 19.2. The summed E-state index contributed by atoms with van der Waals surface area (Å²) in [6, 6.07) is 20.4. The van der Waals surface area contributed by atoms with Crippen LogP contribution in [-0.4, -0.2) is 107 Å². The Kier molecular flexibility index (Phi) is 13.1. The van der Waals surface area contributed by atoms with E-state index in [1.807, 2.05) is 29.2 Å². The lowest BCUT2D eigenvalue weighted by Gasteiger charge is -2.39. The molecule has 3 aromatic carbocycles. The van der Waals surface area contributed by atoms with E-state index in [2.05, 4.69) is 50.8 Å². The highest BCUT2D eigenvalue weighted by atomic mass is 35.5. The zero-order valence-electron chi connectivity index (χ0n) is 35.5. The smallest absolute Gasteiger partial charge is 0.293 e. The molecule has 4 aromatic rings. The summed E-state index contributed by atoms with van der Waals surface area (Å²) < 4.78 is 46.8. The minimum atomic E-state index is -4.59. The summed E-state index contributed by atoms with van der Waals surface area (Å²) in [4.78, 5) is 36.3. The Balaban J connectivity index is 1.04. The zero-order chi connectivity index (χ0) is 44.3. The van der Waals surface area contributed by atoms with Crippen LogP contribution in [0.4, 0.5) is 34.3 Å². The molecule has 2 fully saturated rings. The van der Waals surface area contributed by atoms with Crippen LogP contribution in [-0.2, 0) is 19.5 Å². The standard InChI is InChI=1S/C45H53ClN8O8S/c1-45(2)15-14-31(37(26-45)30-4-6-32(46)7-5-30)28-51-17-19-52(20-18-51)33-8-10-36(40(24-33)53-16-3-21-62-44-39(53)12-13-42(47)49-44)43(55)50-63(58,59)35-9-11-38(41(25-35)54(56)57)48-27-34-29-60-22-23-61-34/h4-13,24-25,34,48H,3,14-23,26-29H2,1-2H3,(H2,47,49)(H,50,55)/t34-/m0/s1. The molecule has 4 N–H and O–H groups in total. The molecule has 0 bridgehead atoms. The number of benzene rings is 3. The van der Waals surface area contributed by atoms with Crippen LogP contribution in [0.25, 0.3) is 5.57 Å². The number of halogens is 1. The van der Waals surface area contributed by atoms with Gasteiger partial charge in [-0.2, -0.15) is 4.98 Å². The minimum Gasteiger partial charge on any atom is -0.476 e. The van der Waals surface area contributed by atoms with Gasteiger partial charge < -0.3 is 35.1 Å². The topological polar surface area (TPSA) is 195 Å². The van der Waals surface area contributed by atoms with Gasteiger partial charge in [0.15, 0.2) is 0 Å². The molecule has 18 heteroatoms. The second-order valence-electron chi connectivity index (χ2n) is 17.1. The van der Waals surface area contributed by atoms with E-state index >= 15 is 0 Å². The number of amides is 1. The number of sulfonamides is 1. The maximum atomic E-state index is 14.2. The number of rotatable bonds is 12. The number of nitro groups is 1. The van der Waals surface area contributed by atoms with Crippen molar-refractivity contribution < 1.29 is 32.3 Å². The number of nitrogen functional groups attached to an aromatic ring is 1. The van der Waals surface area contributed by atoms with E-state index in [1.165, 1.54) is 28.8 Å². The van der Waals surface area contributed by atoms with Crippen molar-refractivity contribution >= 4 is 67.4 Å². The van der Waals surface area contributed by atoms with E-state index in [0.717, 1.165) is 68.8 Å². The van der Waals surface area contributed by atoms with Gasteiger partial charge in [-0.3, -0.25) is 19.8 Å². The van der Waals surface area contributed by atoms with Crippen LogP contribution in [0.2, 0.25) is 5.02 Å². The first-order valence-electron chi connectivity index (χ1n) is 21.3. The van der Waals surface area contributed by atoms with Crippen LogP contribution in [0, 0.1) is 15.5 Å². The molecule has 63 heavy (non-hydrogen) atoms. The first-order valence-corrected chi connectivity index (χ1v) is 23.1. The SMILES string of the molecule is CC1(C)CCC(CN2CCN(c3ccc(C(=O)NS(=O)(=O)c4ccc(NC[C@H]5COCCO5)c([N+](=O)[O-])c4)c(N4CCCOc5nc(N)ccc54)c3)CC2)=C(c2ccc(Cl)cc2)C1. The number of nitrogens with zero attached hydrogens (tertiary/aromatic N) is 5. The molecule has 334 valence electrons. The van der Waals surface area contributed by atoms with E-state index in [0.29, 0.717) is 56.6 Å². The van der Waals surface area contributed by atoms with Gasteiger partial charge in [0.2, 0.25) is 5.88 Å². The number of allylic oxidation sites excluding steroid dienone is 1. The summed E-state index contributed by atoms with van der Waals surface area (Å²) in [5.41, 5.74) is 12.0. The van der Waals surface area contributed by atoms with Crippen LogP contribution in [0.1, 0.15) is 55.5 Å². The molecule has 0 saturated carbocycles. The van der Waals surface area contributed by atoms with Crippen molar-refractivity contribution in [2.24, 2.45) is 5.41 Å². The van der Waals surface area contributed by atoms with Crippen molar-refractivity contribution in [1.29, 1.82) is 0 Å². The Bertz CT molecular complexity index is 2490. The van der Waals surface area contributed by atoms with Gasteiger partial charge in [0.25, 0.3) is 21.6 Å². The number of hydrogen-bond acceptors (Lipinski definition) is 14. The average molecular weight is 901 g/mol. The number of hydrogen-bond donors (Lipinski definition) is 3. The third-order valence-electron chi connectivity index (χ3n) is 12.1. The van der Waals surface area contributed by atoms with Gasteiger partial charge in [0.05, 0.1) is 53.6 Å². The maximum absolute atomic E-state index is 14.2. The number of piperazine rings is 1. The van der Waals surface area contributed by atoms with Gasteiger partial charge in [-0.05, 0) is 96.8 Å². The summed E-state index contributed by atoms with van der Waals surface area (Å²) in [7, 11) is -4.59. The fourth-order valence-corrected chi connectivity index (χ4v) is 9.76. The van der Waals surface area contributed by atoms with Crippen molar-refractivity contribution in [1.82, 2.24) is 14.6 Å². The van der Waals surface area contributed by atoms with E-state index in [1.54, 1.807) is 18.2 Å². The number of aromatic nitrogens is 1. The van der Waals surface area contributed by atoms with Crippen molar-refractivity contribution in [2.45, 2.75) is 50.5 Å². The van der Waals surface area contributed by atoms with Gasteiger partial charge in [-0.25, -0.2) is 13.1 Å². The molecule has 2 saturated heterocycles. The first kappa shape index (κ1) is 44.2. The summed E-state index contributed by atoms with van der Waals surface area (Å²) >= 11 is 6.25. The number of carbonyl (C=O) groups is 1. The number of ether oxygens (including phenoxy) is 3. The molecule has 1 atom stereocenters. The number of nitrogens with two attached hydrogens (primary N) is 1. The van der Waals surface area contributed by atoms with E-state index in [4.69, 9.17) is 31.5 Å². The normalized spacial score (nSPS) is 19.4. The van der Waals surface area contributed by atoms with E-state index < -0.39 is 31.4 Å². The van der Waals surface area contributed by atoms with Crippen LogP contribution in [0.5, 0.6) is 5.88 Å². The molecule has 4 heterocycles. The molecule has 3 aliphatic heterocycles. The van der Waals surface area contributed by atoms with E-state index in [9.17, 15) is 23.3 Å². The average Bonchev–Trinajstić information content (AvgIpc) is 3.48. The van der Waals surface area contributed by atoms with Crippen molar-refractivity contribution in [3.05, 3.63) is 105 Å². The number of fused-ring (bicyclic) bond motifs is 1. The maximum Gasteiger partial charge on any atom is 0.293 e. The molecule has 1 amide bonds. The molecular weight excluding hydrogens is 848 g/mol. The number of anilines is 5. The third-order valence-corrected chi connectivity index (χ3v) is 13.7. The van der Waals surface area contributed by atoms with Gasteiger partial charge in [-0.15, -0.1) is 0 Å². The van der Waals surface area contributed by atoms with E-state index in [-0.39, 0.29) is 35.1 Å². The highest BCUT2D eigenvalue weighted by Gasteiger charge is 2.32. The largest absolute Gasteiger partial charge is 0.476 e. The number of carbonyl (C=O) groups excluding carboxylic acids is 1. The summed E-state index contributed by atoms with van der Waals surface area (Å²) in [6.07, 6.45) is 3.44. The number of nitro benzene ring substituents is 1. The summed E-state index contributed by atoms with van der Waals surface area (Å²) in [6.45, 7) is 10.9. The highest BCUT2D eigenvalue weighted by molar-refractivity contribution is 7.90. The zero-order valence-corrected chi connectivity index (χ0v) is 37.1. The third kappa shape index (κ3) is 10.3. The van der Waals surface area contributed by atoms with Gasteiger partial charge in [0.1, 0.15) is 17.2 Å². The van der Waals surface area contributed by atoms with Crippen molar-refractivity contribution in [3.63, 3.8) is 0 Å². The predicted octanol–water partition coefficient (Wildman–Crippen LogP) is 6.88. The summed E-state index contributed by atoms with van der Waals surface area (Å²) in [5.74, 6) is -0.338. The molecule has 1 aliphatic carbocycles. The Labute approximate surface area is 372 Å². The number of pyridine rings is 1. The van der Waals surface area contributed by atoms with Crippen molar-refractivity contribution in [2.75, 3.05) is 93.1 Å². The molecule has 1 aromatic heterocycles.